The zero-order valence-electron chi connectivity index (χ0n) is 14.5. The van der Waals surface area contributed by atoms with Crippen molar-refractivity contribution in [1.82, 2.24) is 15.5 Å². The molecule has 2 atom stereocenters. The van der Waals surface area contributed by atoms with Crippen LogP contribution in [0.5, 0.6) is 0 Å². The van der Waals surface area contributed by atoms with Crippen LogP contribution in [0, 0.1) is 5.92 Å². The summed E-state index contributed by atoms with van der Waals surface area (Å²) in [7, 11) is 1.73. The smallest absolute Gasteiger partial charge is 0.326 e. The molecule has 1 amide bonds. The molecule has 0 radical (unpaired) electrons. The van der Waals surface area contributed by atoms with E-state index in [0.717, 1.165) is 39.3 Å². The molecule has 1 saturated heterocycles. The van der Waals surface area contributed by atoms with Gasteiger partial charge in [0.15, 0.2) is 0 Å². The lowest BCUT2D eigenvalue weighted by Gasteiger charge is -2.27. The number of ether oxygens (including phenoxy) is 1. The Kier molecular flexibility index (Phi) is 9.13. The van der Waals surface area contributed by atoms with E-state index < -0.39 is 12.0 Å². The molecule has 1 fully saturated rings. The van der Waals surface area contributed by atoms with E-state index in [1.54, 1.807) is 7.05 Å². The van der Waals surface area contributed by atoms with Crippen molar-refractivity contribution >= 4 is 11.9 Å². The van der Waals surface area contributed by atoms with Crippen molar-refractivity contribution in [2.24, 2.45) is 5.92 Å². The van der Waals surface area contributed by atoms with E-state index >= 15 is 0 Å². The van der Waals surface area contributed by atoms with Gasteiger partial charge in [-0.3, -0.25) is 9.69 Å². The summed E-state index contributed by atoms with van der Waals surface area (Å²) >= 11 is 0. The van der Waals surface area contributed by atoms with Gasteiger partial charge in [0, 0.05) is 13.1 Å². The number of hydrogen-bond donors (Lipinski definition) is 3. The fourth-order valence-corrected chi connectivity index (χ4v) is 2.72. The minimum Gasteiger partial charge on any atom is -0.480 e. The van der Waals surface area contributed by atoms with Gasteiger partial charge >= 0.3 is 5.97 Å². The van der Waals surface area contributed by atoms with Crippen LogP contribution < -0.4 is 10.6 Å². The molecule has 1 aliphatic heterocycles. The van der Waals surface area contributed by atoms with Crippen molar-refractivity contribution in [3.05, 3.63) is 0 Å². The molecule has 134 valence electrons. The Morgan fingerprint density at radius 3 is 2.39 bits per heavy atom. The monoisotopic (exact) mass is 329 g/mol. The Hall–Kier alpha value is -1.18. The van der Waals surface area contributed by atoms with Crippen LogP contribution in [-0.4, -0.2) is 73.9 Å². The van der Waals surface area contributed by atoms with Gasteiger partial charge in [-0.15, -0.1) is 0 Å². The minimum atomic E-state index is -0.977. The number of likely N-dealkylation sites (N-methyl/N-ethyl adjacent to an activating group) is 1. The molecule has 0 aromatic rings. The van der Waals surface area contributed by atoms with E-state index in [1.165, 1.54) is 0 Å². The number of aliphatic carboxylic acids is 1. The molecule has 3 N–H and O–H groups in total. The number of nitrogens with zero attached hydrogens (tertiary/aromatic N) is 1. The lowest BCUT2D eigenvalue weighted by Crippen LogP contribution is -2.50. The van der Waals surface area contributed by atoms with Crippen molar-refractivity contribution in [1.29, 1.82) is 0 Å². The average molecular weight is 329 g/mol. The zero-order valence-corrected chi connectivity index (χ0v) is 14.5. The predicted octanol–water partition coefficient (Wildman–Crippen LogP) is 0.302. The zero-order chi connectivity index (χ0) is 17.2. The highest BCUT2D eigenvalue weighted by molar-refractivity contribution is 5.86. The van der Waals surface area contributed by atoms with Crippen molar-refractivity contribution in [3.8, 4) is 0 Å². The summed E-state index contributed by atoms with van der Waals surface area (Å²) in [4.78, 5) is 25.9. The Morgan fingerprint density at radius 2 is 1.87 bits per heavy atom. The van der Waals surface area contributed by atoms with Crippen LogP contribution in [0.15, 0.2) is 0 Å². The van der Waals surface area contributed by atoms with Gasteiger partial charge in [-0.1, -0.05) is 13.8 Å². The first-order valence-corrected chi connectivity index (χ1v) is 8.44. The number of hydrogen-bond acceptors (Lipinski definition) is 5. The van der Waals surface area contributed by atoms with Crippen molar-refractivity contribution in [3.63, 3.8) is 0 Å². The van der Waals surface area contributed by atoms with Crippen LogP contribution in [0.2, 0.25) is 0 Å². The topological polar surface area (TPSA) is 90.9 Å². The number of carbonyl (C=O) groups is 2. The number of rotatable bonds is 10. The second-order valence-corrected chi connectivity index (χ2v) is 6.47. The Labute approximate surface area is 138 Å². The first-order chi connectivity index (χ1) is 10.9. The summed E-state index contributed by atoms with van der Waals surface area (Å²) in [6.07, 6.45) is 2.01. The van der Waals surface area contributed by atoms with E-state index in [0.29, 0.717) is 12.8 Å². The second kappa shape index (κ2) is 10.6. The summed E-state index contributed by atoms with van der Waals surface area (Å²) in [5, 5.41) is 14.9. The Morgan fingerprint density at radius 1 is 1.22 bits per heavy atom. The largest absolute Gasteiger partial charge is 0.480 e. The first-order valence-electron chi connectivity index (χ1n) is 8.44. The SMILES string of the molecule is CNC(CCCN1CCOCC1)C(=O)NC(CC(C)C)C(=O)O. The van der Waals surface area contributed by atoms with Crippen molar-refractivity contribution < 1.29 is 19.4 Å². The highest BCUT2D eigenvalue weighted by Crippen LogP contribution is 2.07. The Balaban J connectivity index is 2.38. The number of carbonyl (C=O) groups excluding carboxylic acids is 1. The summed E-state index contributed by atoms with van der Waals surface area (Å²) in [6.45, 7) is 8.23. The quantitative estimate of drug-likeness (QED) is 0.534. The fraction of sp³-hybridized carbons (Fsp3) is 0.875. The molecule has 23 heavy (non-hydrogen) atoms. The number of nitrogens with one attached hydrogen (secondary N) is 2. The van der Waals surface area contributed by atoms with Crippen molar-refractivity contribution in [2.75, 3.05) is 39.9 Å². The average Bonchev–Trinajstić information content (AvgIpc) is 2.51. The summed E-state index contributed by atoms with van der Waals surface area (Å²) in [5.74, 6) is -0.997. The van der Waals surface area contributed by atoms with Gasteiger partial charge in [0.1, 0.15) is 6.04 Å². The number of carboxylic acids is 1. The maximum absolute atomic E-state index is 12.3. The van der Waals surface area contributed by atoms with Gasteiger partial charge in [0.2, 0.25) is 5.91 Å². The molecule has 0 bridgehead atoms. The third-order valence-corrected chi connectivity index (χ3v) is 4.06. The molecule has 0 saturated carbocycles. The molecular formula is C16H31N3O4. The molecule has 0 spiro atoms. The summed E-state index contributed by atoms with van der Waals surface area (Å²) in [5.41, 5.74) is 0. The lowest BCUT2D eigenvalue weighted by atomic mass is 10.0. The Bertz CT molecular complexity index is 370. The van der Waals surface area contributed by atoms with Crippen LogP contribution in [-0.2, 0) is 14.3 Å². The van der Waals surface area contributed by atoms with Crippen LogP contribution >= 0.6 is 0 Å². The van der Waals surface area contributed by atoms with Gasteiger partial charge < -0.3 is 20.5 Å². The van der Waals surface area contributed by atoms with Crippen LogP contribution in [0.1, 0.15) is 33.1 Å². The van der Waals surface area contributed by atoms with E-state index in [2.05, 4.69) is 15.5 Å². The molecule has 2 unspecified atom stereocenters. The molecule has 0 aromatic heterocycles. The van der Waals surface area contributed by atoms with Gasteiger partial charge in [0.05, 0.1) is 19.3 Å². The van der Waals surface area contributed by atoms with Crippen LogP contribution in [0.4, 0.5) is 0 Å². The van der Waals surface area contributed by atoms with Crippen LogP contribution in [0.25, 0.3) is 0 Å². The molecule has 1 rings (SSSR count). The number of amides is 1. The van der Waals surface area contributed by atoms with E-state index in [9.17, 15) is 14.7 Å². The summed E-state index contributed by atoms with van der Waals surface area (Å²) < 4.78 is 5.31. The van der Waals surface area contributed by atoms with E-state index in [-0.39, 0.29) is 17.9 Å². The van der Waals surface area contributed by atoms with Gasteiger partial charge in [-0.05, 0) is 38.8 Å². The second-order valence-electron chi connectivity index (χ2n) is 6.47. The molecular weight excluding hydrogens is 298 g/mol. The highest BCUT2D eigenvalue weighted by Gasteiger charge is 2.25. The molecule has 1 heterocycles. The molecule has 7 heteroatoms. The minimum absolute atomic E-state index is 0.214. The molecule has 0 aliphatic carbocycles. The predicted molar refractivity (Wildman–Crippen MR) is 88.4 cm³/mol. The van der Waals surface area contributed by atoms with Gasteiger partial charge in [-0.2, -0.15) is 0 Å². The molecule has 0 aromatic carbocycles. The number of carboxylic acid groups (broad SMARTS) is 1. The summed E-state index contributed by atoms with van der Waals surface area (Å²) in [6, 6.07) is -1.18. The van der Waals surface area contributed by atoms with Crippen LogP contribution in [0.3, 0.4) is 0 Å². The third-order valence-electron chi connectivity index (χ3n) is 4.06. The van der Waals surface area contributed by atoms with Gasteiger partial charge in [0.25, 0.3) is 0 Å². The molecule has 7 nitrogen and oxygen atoms in total. The van der Waals surface area contributed by atoms with Crippen molar-refractivity contribution in [2.45, 2.75) is 45.2 Å². The van der Waals surface area contributed by atoms with E-state index in [4.69, 9.17) is 4.74 Å². The normalized spacial score (nSPS) is 18.6. The lowest BCUT2D eigenvalue weighted by molar-refractivity contribution is -0.142. The number of morpholine rings is 1. The molecule has 1 aliphatic rings. The van der Waals surface area contributed by atoms with E-state index in [1.807, 2.05) is 13.8 Å². The standard InChI is InChI=1S/C16H31N3O4/c1-12(2)11-14(16(21)22)18-15(20)13(17-3)5-4-6-19-7-9-23-10-8-19/h12-14,17H,4-11H2,1-3H3,(H,18,20)(H,21,22). The highest BCUT2D eigenvalue weighted by atomic mass is 16.5. The third kappa shape index (κ3) is 7.76. The maximum atomic E-state index is 12.3. The first kappa shape index (κ1) is 19.9. The maximum Gasteiger partial charge on any atom is 0.326 e. The van der Waals surface area contributed by atoms with Gasteiger partial charge in [-0.25, -0.2) is 4.79 Å². The fourth-order valence-electron chi connectivity index (χ4n) is 2.72.